The summed E-state index contributed by atoms with van der Waals surface area (Å²) < 4.78 is 22.1. The van der Waals surface area contributed by atoms with Crippen LogP contribution in [0.25, 0.3) is 17.2 Å². The molecule has 40 heavy (non-hydrogen) atoms. The summed E-state index contributed by atoms with van der Waals surface area (Å²) in [5, 5.41) is 6.12. The second kappa shape index (κ2) is 11.5. The van der Waals surface area contributed by atoms with Gasteiger partial charge in [-0.1, -0.05) is 42.5 Å². The number of ether oxygens (including phenoxy) is 2. The van der Waals surface area contributed by atoms with E-state index in [1.165, 1.54) is 5.01 Å². The van der Waals surface area contributed by atoms with Gasteiger partial charge in [0.1, 0.15) is 23.3 Å². The summed E-state index contributed by atoms with van der Waals surface area (Å²) in [6.45, 7) is -0.764. The average Bonchev–Trinajstić information content (AvgIpc) is 3.77. The summed E-state index contributed by atoms with van der Waals surface area (Å²) in [6, 6.07) is 24.4. The number of amides is 1. The van der Waals surface area contributed by atoms with Crippen molar-refractivity contribution in [2.75, 3.05) is 13.2 Å². The lowest BCUT2D eigenvalue weighted by atomic mass is 9.79. The lowest BCUT2D eigenvalue weighted by molar-refractivity contribution is -0.154. The zero-order valence-corrected chi connectivity index (χ0v) is 21.8. The molecule has 2 aromatic carbocycles. The van der Waals surface area contributed by atoms with Crippen LogP contribution in [0.1, 0.15) is 36.8 Å². The number of hydrogen-bond acceptors (Lipinski definition) is 7. The average molecular weight is 537 g/mol. The minimum atomic E-state index is -0.641. The van der Waals surface area contributed by atoms with E-state index in [9.17, 15) is 9.59 Å². The molecular formula is C32H28N2O6. The van der Waals surface area contributed by atoms with Crippen LogP contribution in [0.2, 0.25) is 0 Å². The van der Waals surface area contributed by atoms with E-state index in [4.69, 9.17) is 23.4 Å². The van der Waals surface area contributed by atoms with Gasteiger partial charge < -0.3 is 18.3 Å². The van der Waals surface area contributed by atoms with E-state index in [2.05, 4.69) is 0 Å². The lowest BCUT2D eigenvalue weighted by Gasteiger charge is -2.27. The molecule has 2 unspecified atom stereocenters. The van der Waals surface area contributed by atoms with Crippen molar-refractivity contribution in [3.63, 3.8) is 0 Å². The van der Waals surface area contributed by atoms with Gasteiger partial charge >= 0.3 is 5.97 Å². The van der Waals surface area contributed by atoms with Gasteiger partial charge in [0.2, 0.25) is 0 Å². The third kappa shape index (κ3) is 5.47. The Kier molecular flexibility index (Phi) is 7.30. The molecule has 202 valence electrons. The second-order valence-corrected chi connectivity index (χ2v) is 9.71. The van der Waals surface area contributed by atoms with E-state index in [1.807, 2.05) is 66.7 Å². The number of rotatable bonds is 8. The fraction of sp³-hybridized carbons (Fsp3) is 0.219. The highest BCUT2D eigenvalue weighted by molar-refractivity contribution is 6.08. The SMILES string of the molecule is O=C(COc1ccc(-c2ccccc2)cc1)OCC(=O)N1N=C2C(=Cc3ccco3)CCCC2C1c1ccco1. The zero-order valence-electron chi connectivity index (χ0n) is 21.8. The predicted molar refractivity (Wildman–Crippen MR) is 148 cm³/mol. The fourth-order valence-corrected chi connectivity index (χ4v) is 5.26. The van der Waals surface area contributed by atoms with Gasteiger partial charge in [0.25, 0.3) is 5.91 Å². The highest BCUT2D eigenvalue weighted by Gasteiger charge is 2.45. The Balaban J connectivity index is 1.10. The Morgan fingerprint density at radius 1 is 0.900 bits per heavy atom. The maximum absolute atomic E-state index is 13.3. The van der Waals surface area contributed by atoms with Crippen LogP contribution >= 0.6 is 0 Å². The van der Waals surface area contributed by atoms with Crippen LogP contribution in [0.15, 0.2) is 111 Å². The molecule has 1 fully saturated rings. The molecule has 0 bridgehead atoms. The quantitative estimate of drug-likeness (QED) is 0.246. The molecule has 6 rings (SSSR count). The van der Waals surface area contributed by atoms with Gasteiger partial charge in [-0.25, -0.2) is 9.80 Å². The number of benzene rings is 2. The molecule has 0 N–H and O–H groups in total. The molecule has 2 aromatic heterocycles. The van der Waals surface area contributed by atoms with Crippen LogP contribution in [0.4, 0.5) is 0 Å². The van der Waals surface area contributed by atoms with Crippen molar-refractivity contribution in [2.24, 2.45) is 11.0 Å². The normalized spacial score (nSPS) is 19.2. The molecule has 8 nitrogen and oxygen atoms in total. The maximum atomic E-state index is 13.3. The third-order valence-corrected chi connectivity index (χ3v) is 7.13. The van der Waals surface area contributed by atoms with Crippen molar-refractivity contribution in [1.29, 1.82) is 0 Å². The van der Waals surface area contributed by atoms with Crippen LogP contribution in [-0.2, 0) is 14.3 Å². The molecular weight excluding hydrogens is 508 g/mol. The summed E-state index contributed by atoms with van der Waals surface area (Å²) in [5.74, 6) is 0.819. The highest BCUT2D eigenvalue weighted by atomic mass is 16.6. The molecule has 4 aromatic rings. The van der Waals surface area contributed by atoms with Crippen LogP contribution in [-0.4, -0.2) is 35.8 Å². The van der Waals surface area contributed by atoms with E-state index < -0.39 is 24.5 Å². The zero-order chi connectivity index (χ0) is 27.3. The minimum Gasteiger partial charge on any atom is -0.482 e. The van der Waals surface area contributed by atoms with Crippen LogP contribution in [0.5, 0.6) is 5.75 Å². The van der Waals surface area contributed by atoms with E-state index in [-0.39, 0.29) is 12.5 Å². The number of hydrogen-bond donors (Lipinski definition) is 0. The fourth-order valence-electron chi connectivity index (χ4n) is 5.26. The van der Waals surface area contributed by atoms with Crippen LogP contribution in [0, 0.1) is 5.92 Å². The van der Waals surface area contributed by atoms with Gasteiger partial charge in [0, 0.05) is 5.92 Å². The summed E-state index contributed by atoms with van der Waals surface area (Å²) in [6.07, 6.45) is 7.84. The van der Waals surface area contributed by atoms with Crippen molar-refractivity contribution < 1.29 is 27.9 Å². The van der Waals surface area contributed by atoms with Crippen molar-refractivity contribution in [3.05, 3.63) is 108 Å². The number of hydrazone groups is 1. The number of carbonyl (C=O) groups excluding carboxylic acids is 2. The van der Waals surface area contributed by atoms with Crippen molar-refractivity contribution >= 4 is 23.7 Å². The molecule has 0 saturated heterocycles. The molecule has 1 saturated carbocycles. The van der Waals surface area contributed by atoms with Crippen LogP contribution in [0.3, 0.4) is 0 Å². The van der Waals surface area contributed by atoms with Crippen LogP contribution < -0.4 is 4.74 Å². The Labute approximate surface area is 231 Å². The van der Waals surface area contributed by atoms with Gasteiger partial charge in [-0.3, -0.25) is 4.79 Å². The number of nitrogens with zero attached hydrogens (tertiary/aromatic N) is 2. The van der Waals surface area contributed by atoms with E-state index in [0.29, 0.717) is 11.5 Å². The van der Waals surface area contributed by atoms with Crippen molar-refractivity contribution in [2.45, 2.75) is 25.3 Å². The van der Waals surface area contributed by atoms with Gasteiger partial charge in [-0.05, 0) is 78.4 Å². The summed E-state index contributed by atoms with van der Waals surface area (Å²) in [4.78, 5) is 25.7. The first-order valence-electron chi connectivity index (χ1n) is 13.3. The first-order chi connectivity index (χ1) is 19.7. The molecule has 3 heterocycles. The maximum Gasteiger partial charge on any atom is 0.344 e. The number of carbonyl (C=O) groups is 2. The number of allylic oxidation sites excluding steroid dienone is 1. The lowest BCUT2D eigenvalue weighted by Crippen LogP contribution is -2.34. The van der Waals surface area contributed by atoms with Gasteiger partial charge in [0.05, 0.1) is 18.2 Å². The first kappa shape index (κ1) is 25.4. The highest BCUT2D eigenvalue weighted by Crippen LogP contribution is 2.44. The standard InChI is InChI=1S/C32H28N2O6/c35-29(20-40-30(36)21-39-25-15-13-23(14-16-25)22-7-2-1-3-8-22)34-32(28-12-6-18-38-28)27-11-4-9-24(31(27)33-34)19-26-10-5-17-37-26/h1-3,5-8,10,12-19,27,32H,4,9,11,20-21H2. The number of furan rings is 2. The molecule has 1 aliphatic carbocycles. The molecule has 0 radical (unpaired) electrons. The van der Waals surface area contributed by atoms with E-state index in [0.717, 1.165) is 47.4 Å². The molecule has 1 aliphatic heterocycles. The van der Waals surface area contributed by atoms with E-state index >= 15 is 0 Å². The molecule has 0 spiro atoms. The Morgan fingerprint density at radius 3 is 2.42 bits per heavy atom. The Hall–Kier alpha value is -4.85. The molecule has 2 aliphatic rings. The first-order valence-corrected chi connectivity index (χ1v) is 13.3. The van der Waals surface area contributed by atoms with Gasteiger partial charge in [-0.15, -0.1) is 0 Å². The largest absolute Gasteiger partial charge is 0.482 e. The summed E-state index contributed by atoms with van der Waals surface area (Å²) in [7, 11) is 0. The summed E-state index contributed by atoms with van der Waals surface area (Å²) in [5.41, 5.74) is 4.00. The third-order valence-electron chi connectivity index (χ3n) is 7.13. The smallest absolute Gasteiger partial charge is 0.344 e. The van der Waals surface area contributed by atoms with Crippen molar-refractivity contribution in [1.82, 2.24) is 5.01 Å². The molecule has 8 heteroatoms. The molecule has 1 amide bonds. The number of fused-ring (bicyclic) bond motifs is 1. The monoisotopic (exact) mass is 536 g/mol. The van der Waals surface area contributed by atoms with Crippen molar-refractivity contribution in [3.8, 4) is 16.9 Å². The molecule has 2 atom stereocenters. The second-order valence-electron chi connectivity index (χ2n) is 9.71. The Morgan fingerprint density at radius 2 is 1.68 bits per heavy atom. The summed E-state index contributed by atoms with van der Waals surface area (Å²) >= 11 is 0. The Bertz CT molecular complexity index is 1510. The minimum absolute atomic E-state index is 0.0250. The number of esters is 1. The van der Waals surface area contributed by atoms with Gasteiger partial charge in [-0.2, -0.15) is 5.10 Å². The van der Waals surface area contributed by atoms with E-state index in [1.54, 1.807) is 30.7 Å². The predicted octanol–water partition coefficient (Wildman–Crippen LogP) is 6.28. The topological polar surface area (TPSA) is 94.5 Å². The van der Waals surface area contributed by atoms with Gasteiger partial charge in [0.15, 0.2) is 13.2 Å².